The van der Waals surface area contributed by atoms with E-state index < -0.39 is 122 Å². The Kier molecular flexibility index (Phi) is 14.3. The van der Waals surface area contributed by atoms with Crippen LogP contribution in [0.3, 0.4) is 0 Å². The van der Waals surface area contributed by atoms with Gasteiger partial charge in [-0.3, -0.25) is 0 Å². The van der Waals surface area contributed by atoms with Gasteiger partial charge >= 0.3 is 85.3 Å². The van der Waals surface area contributed by atoms with Crippen molar-refractivity contribution >= 4 is 69.4 Å². The van der Waals surface area contributed by atoms with Gasteiger partial charge in [-0.2, -0.15) is 114 Å². The fraction of sp³-hybridized carbons (Fsp3) is 0.727. The third-order valence-electron chi connectivity index (χ3n) is 7.04. The molecule has 0 aromatic heterocycles. The third kappa shape index (κ3) is 9.32. The fourth-order valence-electron chi connectivity index (χ4n) is 3.73. The zero-order valence-electron chi connectivity index (χ0n) is 25.5. The monoisotopic (exact) mass is 996 g/mol. The zero-order chi connectivity index (χ0) is 45.2. The molecule has 0 amide bonds. The van der Waals surface area contributed by atoms with Gasteiger partial charge in [0.1, 0.15) is 0 Å². The Balaban J connectivity index is 3.11. The zero-order valence-corrected chi connectivity index (χ0v) is 30.5. The Morgan fingerprint density at radius 1 is 0.339 bits per heavy atom. The summed E-state index contributed by atoms with van der Waals surface area (Å²) in [6.07, 6.45) is -20.9. The Hall–Kier alpha value is -1.41. The van der Waals surface area contributed by atoms with Crippen LogP contribution in [-0.2, 0) is 0 Å². The van der Waals surface area contributed by atoms with E-state index in [1.807, 2.05) is 9.96 Å². The number of alkyl halides is 26. The molecule has 0 aliphatic rings. The van der Waals surface area contributed by atoms with Gasteiger partial charge in [0.2, 0.25) is 0 Å². The fourth-order valence-corrected chi connectivity index (χ4v) is 8.86. The molecule has 34 heteroatoms. The van der Waals surface area contributed by atoms with Crippen molar-refractivity contribution in [3.63, 3.8) is 0 Å². The minimum absolute atomic E-state index is 0.523. The normalized spacial score (nSPS) is 16.0. The lowest BCUT2D eigenvalue weighted by molar-refractivity contribution is -0.439. The summed E-state index contributed by atoms with van der Waals surface area (Å²) in [7, 11) is 0. The van der Waals surface area contributed by atoms with E-state index in [2.05, 4.69) is 0 Å². The lowest BCUT2D eigenvalue weighted by atomic mass is 9.93. The maximum absolute atomic E-state index is 14.1. The summed E-state index contributed by atoms with van der Waals surface area (Å²) in [4.78, 5) is 3.84. The van der Waals surface area contributed by atoms with Crippen molar-refractivity contribution in [3.8, 4) is 0 Å². The van der Waals surface area contributed by atoms with Crippen LogP contribution >= 0.6 is 44.3 Å². The van der Waals surface area contributed by atoms with E-state index in [0.29, 0.717) is 24.3 Å². The third-order valence-corrected chi connectivity index (χ3v) is 13.5. The molecule has 330 valence electrons. The number of nitrogens with one attached hydrogen (secondary N) is 2. The second kappa shape index (κ2) is 15.3. The summed E-state index contributed by atoms with van der Waals surface area (Å²) >= 11 is 22.7. The number of hydrogen-bond acceptors (Lipinski definition) is 2. The molecule has 2 N–H and O–H groups in total. The molecule has 0 fully saturated rings. The SMILES string of the molecule is FC(F)(F)C(F)(F)C(F)(F)C(F)(F)C(F)(F)C(F)(F)CC[Si](Cl)(Cl)Nc1ccc(N[Si](Cl)(Cl)CCC(F)(F)C(F)(F)C(F)(F)C(F)(F)C(F)(F)C(F)(F)F)cc1. The molecular formula is C22H14Cl4F26N2Si2. The van der Waals surface area contributed by atoms with E-state index in [9.17, 15) is 114 Å². The van der Waals surface area contributed by atoms with E-state index >= 15 is 0 Å². The number of hydrogen-bond donors (Lipinski definition) is 2. The molecule has 0 aliphatic carbocycles. The highest BCUT2D eigenvalue weighted by molar-refractivity contribution is 7.47. The largest absolute Gasteiger partial charge is 0.460 e. The quantitative estimate of drug-likeness (QED) is 0.0870. The van der Waals surface area contributed by atoms with E-state index in [4.69, 9.17) is 44.3 Å². The van der Waals surface area contributed by atoms with Crippen molar-refractivity contribution in [2.75, 3.05) is 9.96 Å². The number of benzene rings is 1. The Morgan fingerprint density at radius 3 is 0.732 bits per heavy atom. The van der Waals surface area contributed by atoms with Crippen LogP contribution < -0.4 is 9.96 Å². The van der Waals surface area contributed by atoms with Crippen LogP contribution in [0.15, 0.2) is 24.3 Å². The number of halogens is 30. The highest BCUT2D eigenvalue weighted by Crippen LogP contribution is 2.62. The van der Waals surface area contributed by atoms with Gasteiger partial charge in [-0.05, 0) is 36.4 Å². The Bertz CT molecular complexity index is 1400. The van der Waals surface area contributed by atoms with Gasteiger partial charge in [0.25, 0.3) is 0 Å². The summed E-state index contributed by atoms with van der Waals surface area (Å²) in [5, 5.41) is 0. The summed E-state index contributed by atoms with van der Waals surface area (Å²) in [6.45, 7) is -9.59. The molecule has 0 bridgehead atoms. The molecule has 0 aliphatic heterocycles. The summed E-state index contributed by atoms with van der Waals surface area (Å²) in [5.74, 6) is -76.8. The number of rotatable bonds is 18. The molecule has 1 aromatic rings. The second-order valence-corrected chi connectivity index (χ2v) is 24.5. The molecule has 0 saturated heterocycles. The standard InChI is InChI=1S/C22H14Cl4F26N2Si2/c23-55(24,7-5-11(27,28)13(31,32)15(35,36)17(39,40)19(43,44)21(47,48)49)53-9-1-2-10(4-3-9)54-56(25,26)8-6-12(29,30)14(33,34)16(37,38)18(41,42)20(45,46)22(50,51)52/h1-4,53-54H,5-8H2. The van der Waals surface area contributed by atoms with Gasteiger partial charge in [-0.1, -0.05) is 0 Å². The molecule has 0 heterocycles. The van der Waals surface area contributed by atoms with Crippen LogP contribution in [0.2, 0.25) is 12.1 Å². The van der Waals surface area contributed by atoms with Gasteiger partial charge in [-0.15, -0.1) is 44.3 Å². The molecule has 0 atom stereocenters. The van der Waals surface area contributed by atoms with Crippen LogP contribution in [0.25, 0.3) is 0 Å². The minimum Gasteiger partial charge on any atom is -0.387 e. The average molecular weight is 998 g/mol. The van der Waals surface area contributed by atoms with E-state index in [0.717, 1.165) is 0 Å². The molecule has 0 saturated carbocycles. The van der Waals surface area contributed by atoms with Gasteiger partial charge < -0.3 is 9.96 Å². The first-order valence-corrected chi connectivity index (χ1v) is 21.9. The summed E-state index contributed by atoms with van der Waals surface area (Å²) in [6, 6.07) is -0.903. The smallest absolute Gasteiger partial charge is 0.387 e. The van der Waals surface area contributed by atoms with Crippen molar-refractivity contribution in [1.82, 2.24) is 0 Å². The first-order chi connectivity index (χ1) is 24.1. The lowest BCUT2D eigenvalue weighted by Crippen LogP contribution is -2.70. The molecule has 56 heavy (non-hydrogen) atoms. The highest BCUT2D eigenvalue weighted by atomic mass is 35.7. The Morgan fingerprint density at radius 2 is 0.536 bits per heavy atom. The summed E-state index contributed by atoms with van der Waals surface area (Å²) in [5.41, 5.74) is -1.05. The van der Waals surface area contributed by atoms with Gasteiger partial charge in [0.05, 0.1) is 0 Å². The average Bonchev–Trinajstić information content (AvgIpc) is 2.98. The van der Waals surface area contributed by atoms with E-state index in [1.165, 1.54) is 0 Å². The van der Waals surface area contributed by atoms with Crippen LogP contribution in [0, 0.1) is 0 Å². The molecule has 1 aromatic carbocycles. The molecule has 1 rings (SSSR count). The molecule has 0 unspecified atom stereocenters. The predicted molar refractivity (Wildman–Crippen MR) is 149 cm³/mol. The van der Waals surface area contributed by atoms with Crippen LogP contribution in [0.1, 0.15) is 12.8 Å². The predicted octanol–water partition coefficient (Wildman–Crippen LogP) is 13.6. The van der Waals surface area contributed by atoms with Crippen LogP contribution in [-0.4, -0.2) is 85.3 Å². The number of anilines is 2. The van der Waals surface area contributed by atoms with Crippen molar-refractivity contribution in [2.24, 2.45) is 0 Å². The van der Waals surface area contributed by atoms with Crippen LogP contribution in [0.5, 0.6) is 0 Å². The highest BCUT2D eigenvalue weighted by Gasteiger charge is 2.92. The molecule has 0 radical (unpaired) electrons. The van der Waals surface area contributed by atoms with Crippen molar-refractivity contribution < 1.29 is 114 Å². The first-order valence-electron chi connectivity index (χ1n) is 13.4. The Labute approximate surface area is 314 Å². The van der Waals surface area contributed by atoms with Gasteiger partial charge in [0, 0.05) is 24.2 Å². The minimum atomic E-state index is -8.17. The lowest BCUT2D eigenvalue weighted by Gasteiger charge is -2.40. The van der Waals surface area contributed by atoms with Crippen molar-refractivity contribution in [3.05, 3.63) is 24.3 Å². The van der Waals surface area contributed by atoms with Crippen molar-refractivity contribution in [2.45, 2.75) is 96.5 Å². The van der Waals surface area contributed by atoms with Gasteiger partial charge in [-0.25, -0.2) is 0 Å². The summed E-state index contributed by atoms with van der Waals surface area (Å²) < 4.78 is 346. The first kappa shape index (κ1) is 52.6. The van der Waals surface area contributed by atoms with E-state index in [-0.39, 0.29) is 0 Å². The molecule has 0 spiro atoms. The molecular weight excluding hydrogens is 984 g/mol. The van der Waals surface area contributed by atoms with Crippen LogP contribution in [0.4, 0.5) is 126 Å². The van der Waals surface area contributed by atoms with Crippen molar-refractivity contribution in [1.29, 1.82) is 0 Å². The maximum atomic E-state index is 14.1. The van der Waals surface area contributed by atoms with Gasteiger partial charge in [0.15, 0.2) is 0 Å². The maximum Gasteiger partial charge on any atom is 0.460 e. The van der Waals surface area contributed by atoms with E-state index in [1.54, 1.807) is 0 Å². The molecule has 2 nitrogen and oxygen atoms in total. The topological polar surface area (TPSA) is 24.1 Å². The second-order valence-electron chi connectivity index (χ2n) is 11.2.